The first-order valence-electron chi connectivity index (χ1n) is 5.77. The summed E-state index contributed by atoms with van der Waals surface area (Å²) in [4.78, 5) is 10.3. The zero-order valence-electron chi connectivity index (χ0n) is 11.2. The van der Waals surface area contributed by atoms with Crippen LogP contribution in [0.2, 0.25) is 0 Å². The lowest BCUT2D eigenvalue weighted by Gasteiger charge is -2.08. The van der Waals surface area contributed by atoms with Gasteiger partial charge >= 0.3 is 0 Å². The van der Waals surface area contributed by atoms with E-state index < -0.39 is 14.9 Å². The van der Waals surface area contributed by atoms with Crippen LogP contribution >= 0.6 is 0 Å². The molecule has 2 aromatic rings. The van der Waals surface area contributed by atoms with Crippen molar-refractivity contribution in [2.45, 2.75) is 25.7 Å². The normalized spacial score (nSPS) is 11.6. The molecule has 0 aliphatic carbocycles. The zero-order valence-corrected chi connectivity index (χ0v) is 12.0. The van der Waals surface area contributed by atoms with E-state index in [2.05, 4.69) is 5.10 Å². The number of rotatable bonds is 3. The van der Waals surface area contributed by atoms with Gasteiger partial charge in [0.1, 0.15) is 0 Å². The lowest BCUT2D eigenvalue weighted by molar-refractivity contribution is -0.385. The second-order valence-corrected chi connectivity index (χ2v) is 6.27. The van der Waals surface area contributed by atoms with Crippen LogP contribution in [0.15, 0.2) is 29.3 Å². The smallest absolute Gasteiger partial charge is 0.258 e. The molecule has 0 spiro atoms. The highest BCUT2D eigenvalue weighted by atomic mass is 32.2. The molecule has 8 heteroatoms. The fraction of sp³-hybridized carbons (Fsp3) is 0.250. The van der Waals surface area contributed by atoms with E-state index in [4.69, 9.17) is 0 Å². The molecule has 0 saturated carbocycles. The van der Waals surface area contributed by atoms with Crippen molar-refractivity contribution in [3.05, 3.63) is 51.3 Å². The van der Waals surface area contributed by atoms with Crippen molar-refractivity contribution in [3.63, 3.8) is 0 Å². The molecule has 0 N–H and O–H groups in total. The minimum Gasteiger partial charge on any atom is -0.258 e. The van der Waals surface area contributed by atoms with Gasteiger partial charge in [0.15, 0.2) is 0 Å². The summed E-state index contributed by atoms with van der Waals surface area (Å²) in [6.07, 6.45) is 1.31. The third kappa shape index (κ3) is 2.29. The Hall–Kier alpha value is -2.22. The number of hydrogen-bond acceptors (Lipinski definition) is 5. The third-order valence-electron chi connectivity index (χ3n) is 3.05. The first kappa shape index (κ1) is 14.2. The second kappa shape index (κ2) is 4.71. The largest absolute Gasteiger partial charge is 0.283 e. The average Bonchev–Trinajstić information content (AvgIpc) is 2.79. The molecule has 20 heavy (non-hydrogen) atoms. The van der Waals surface area contributed by atoms with E-state index >= 15 is 0 Å². The molecule has 0 amide bonds. The van der Waals surface area contributed by atoms with Gasteiger partial charge in [-0.05, 0) is 38.5 Å². The molecule has 0 aliphatic heterocycles. The number of aryl methyl sites for hydroxylation is 2. The Morgan fingerprint density at radius 2 is 1.90 bits per heavy atom. The van der Waals surface area contributed by atoms with Gasteiger partial charge in [0.25, 0.3) is 15.7 Å². The van der Waals surface area contributed by atoms with Gasteiger partial charge in [-0.1, -0.05) is 0 Å². The number of hydrogen-bond donors (Lipinski definition) is 0. The third-order valence-corrected chi connectivity index (χ3v) is 4.58. The second-order valence-electron chi connectivity index (χ2n) is 4.48. The molecular formula is C12H13N3O4S. The minimum absolute atomic E-state index is 0.143. The molecule has 0 saturated heterocycles. The van der Waals surface area contributed by atoms with Crippen molar-refractivity contribution in [1.29, 1.82) is 0 Å². The van der Waals surface area contributed by atoms with Crippen molar-refractivity contribution >= 4 is 15.7 Å². The fourth-order valence-electron chi connectivity index (χ4n) is 1.78. The molecule has 1 aromatic carbocycles. The Labute approximate surface area is 116 Å². The van der Waals surface area contributed by atoms with Gasteiger partial charge in [-0.2, -0.15) is 17.6 Å². The fourth-order valence-corrected chi connectivity index (χ4v) is 3.04. The molecule has 0 aliphatic rings. The van der Waals surface area contributed by atoms with Crippen LogP contribution in [0, 0.1) is 30.9 Å². The van der Waals surface area contributed by atoms with Crippen molar-refractivity contribution in [2.24, 2.45) is 0 Å². The van der Waals surface area contributed by atoms with Gasteiger partial charge in [-0.3, -0.25) is 10.1 Å². The van der Waals surface area contributed by atoms with Crippen molar-refractivity contribution in [3.8, 4) is 0 Å². The van der Waals surface area contributed by atoms with Gasteiger partial charge in [-0.15, -0.1) is 0 Å². The molecule has 2 rings (SSSR count). The summed E-state index contributed by atoms with van der Waals surface area (Å²) in [6, 6.07) is 4.02. The summed E-state index contributed by atoms with van der Waals surface area (Å²) in [5.74, 6) is 0. The molecule has 0 unspecified atom stereocenters. The van der Waals surface area contributed by atoms with Crippen LogP contribution in [0.1, 0.15) is 16.8 Å². The van der Waals surface area contributed by atoms with Crippen LogP contribution in [0.3, 0.4) is 0 Å². The van der Waals surface area contributed by atoms with Crippen molar-refractivity contribution in [2.75, 3.05) is 0 Å². The van der Waals surface area contributed by atoms with E-state index in [1.54, 1.807) is 26.8 Å². The first-order valence-corrected chi connectivity index (χ1v) is 7.21. The van der Waals surface area contributed by atoms with Gasteiger partial charge in [0.05, 0.1) is 15.5 Å². The quantitative estimate of drug-likeness (QED) is 0.637. The van der Waals surface area contributed by atoms with Gasteiger partial charge < -0.3 is 0 Å². The van der Waals surface area contributed by atoms with Crippen LogP contribution in [-0.2, 0) is 10.0 Å². The first-order chi connectivity index (χ1) is 9.23. The van der Waals surface area contributed by atoms with Gasteiger partial charge in [0, 0.05) is 17.8 Å². The maximum Gasteiger partial charge on any atom is 0.283 e. The molecular weight excluding hydrogens is 282 g/mol. The molecule has 106 valence electrons. The molecule has 1 aromatic heterocycles. The SMILES string of the molecule is Cc1ccn(S(=O)(=O)c2cc(C)c(C)c([N+](=O)[O-])c2)n1. The van der Waals surface area contributed by atoms with Gasteiger partial charge in [-0.25, -0.2) is 0 Å². The summed E-state index contributed by atoms with van der Waals surface area (Å²) in [7, 11) is -3.91. The van der Waals surface area contributed by atoms with Crippen LogP contribution in [-0.4, -0.2) is 22.5 Å². The highest BCUT2D eigenvalue weighted by Gasteiger charge is 2.23. The minimum atomic E-state index is -3.91. The number of nitrogens with zero attached hydrogens (tertiary/aromatic N) is 3. The Morgan fingerprint density at radius 1 is 1.25 bits per heavy atom. The Bertz CT molecular complexity index is 793. The molecule has 0 atom stereocenters. The zero-order chi connectivity index (χ0) is 15.1. The number of nitro groups is 1. The predicted octanol–water partition coefficient (Wildman–Crippen LogP) is 1.95. The number of aromatic nitrogens is 2. The average molecular weight is 295 g/mol. The summed E-state index contributed by atoms with van der Waals surface area (Å²) in [5.41, 5.74) is 1.33. The number of benzene rings is 1. The van der Waals surface area contributed by atoms with E-state index in [0.717, 1.165) is 10.2 Å². The lowest BCUT2D eigenvalue weighted by atomic mass is 10.1. The van der Waals surface area contributed by atoms with Crippen LogP contribution in [0.4, 0.5) is 5.69 Å². The van der Waals surface area contributed by atoms with Gasteiger partial charge in [0.2, 0.25) is 0 Å². The molecule has 0 bridgehead atoms. The van der Waals surface area contributed by atoms with Crippen molar-refractivity contribution < 1.29 is 13.3 Å². The highest BCUT2D eigenvalue weighted by molar-refractivity contribution is 7.89. The number of nitro benzene ring substituents is 1. The highest BCUT2D eigenvalue weighted by Crippen LogP contribution is 2.26. The van der Waals surface area contributed by atoms with Crippen LogP contribution in [0.25, 0.3) is 0 Å². The molecule has 0 radical (unpaired) electrons. The van der Waals surface area contributed by atoms with Crippen molar-refractivity contribution in [1.82, 2.24) is 9.19 Å². The Balaban J connectivity index is 2.67. The van der Waals surface area contributed by atoms with E-state index in [9.17, 15) is 18.5 Å². The monoisotopic (exact) mass is 295 g/mol. The predicted molar refractivity (Wildman–Crippen MR) is 72.1 cm³/mol. The maximum absolute atomic E-state index is 12.4. The summed E-state index contributed by atoms with van der Waals surface area (Å²) in [6.45, 7) is 4.88. The molecule has 0 fully saturated rings. The molecule has 1 heterocycles. The van der Waals surface area contributed by atoms with E-state index in [1.807, 2.05) is 0 Å². The Kier molecular flexibility index (Phi) is 3.34. The maximum atomic E-state index is 12.4. The Morgan fingerprint density at radius 3 is 2.40 bits per heavy atom. The summed E-state index contributed by atoms with van der Waals surface area (Å²) >= 11 is 0. The summed E-state index contributed by atoms with van der Waals surface area (Å²) in [5, 5.41) is 14.8. The summed E-state index contributed by atoms with van der Waals surface area (Å²) < 4.78 is 25.5. The van der Waals surface area contributed by atoms with Crippen LogP contribution < -0.4 is 0 Å². The lowest BCUT2D eigenvalue weighted by Crippen LogP contribution is -2.14. The standard InChI is InChI=1S/C12H13N3O4S/c1-8-6-11(7-12(10(8)3)15(16)17)20(18,19)14-5-4-9(2)13-14/h4-7H,1-3H3. The molecule has 7 nitrogen and oxygen atoms in total. The van der Waals surface area contributed by atoms with E-state index in [0.29, 0.717) is 16.8 Å². The van der Waals surface area contributed by atoms with Crippen LogP contribution in [0.5, 0.6) is 0 Å². The van der Waals surface area contributed by atoms with E-state index in [-0.39, 0.29) is 10.6 Å². The van der Waals surface area contributed by atoms with E-state index in [1.165, 1.54) is 12.3 Å². The topological polar surface area (TPSA) is 95.1 Å².